The second-order valence-electron chi connectivity index (χ2n) is 7.47. The molecule has 146 valence electrons. The van der Waals surface area contributed by atoms with Crippen molar-refractivity contribution in [2.45, 2.75) is 26.2 Å². The van der Waals surface area contributed by atoms with Gasteiger partial charge >= 0.3 is 0 Å². The van der Waals surface area contributed by atoms with Crippen LogP contribution < -0.4 is 4.74 Å². The van der Waals surface area contributed by atoms with Gasteiger partial charge in [-0.2, -0.15) is 17.6 Å². The number of hydrogen-bond acceptors (Lipinski definition) is 2. The third-order valence-electron chi connectivity index (χ3n) is 5.32. The molecule has 0 saturated heterocycles. The Labute approximate surface area is 241 Å². The van der Waals surface area contributed by atoms with Gasteiger partial charge in [0.05, 0.1) is 9.46 Å². The molecule has 3 atom stereocenters. The average molecular weight is 666 g/mol. The number of hydrogen-bond donors (Lipinski definition) is 0. The third-order valence-corrected chi connectivity index (χ3v) is 5.85. The zero-order chi connectivity index (χ0) is 19.4. The predicted molar refractivity (Wildman–Crippen MR) is 117 cm³/mol. The van der Waals surface area contributed by atoms with E-state index in [9.17, 15) is 5.26 Å². The molecule has 1 saturated carbocycles. The number of allylic oxidation sites excluding steroid dienone is 1. The summed E-state index contributed by atoms with van der Waals surface area (Å²) in [5.74, 6) is 2.37. The van der Waals surface area contributed by atoms with Crippen LogP contribution >= 0.6 is 31.9 Å². The van der Waals surface area contributed by atoms with E-state index in [0.717, 1.165) is 26.9 Å². The zero-order valence-electron chi connectivity index (χ0n) is 16.6. The largest absolute Gasteiger partial charge is 0.457 e. The van der Waals surface area contributed by atoms with Crippen molar-refractivity contribution < 1.29 is 70.2 Å². The van der Waals surface area contributed by atoms with Crippen LogP contribution in [-0.4, -0.2) is 0 Å². The van der Waals surface area contributed by atoms with Gasteiger partial charge in [-0.3, -0.25) is 0 Å². The van der Waals surface area contributed by atoms with Crippen LogP contribution in [0.15, 0.2) is 64.1 Å². The van der Waals surface area contributed by atoms with E-state index in [4.69, 9.17) is 4.74 Å². The minimum atomic E-state index is -0.169. The molecule has 0 aromatic heterocycles. The first-order valence-electron chi connectivity index (χ1n) is 9.00. The van der Waals surface area contributed by atoms with Gasteiger partial charge in [-0.1, -0.05) is 55.7 Å². The van der Waals surface area contributed by atoms with Crippen LogP contribution in [0.25, 0.3) is 0 Å². The van der Waals surface area contributed by atoms with Crippen LogP contribution in [0, 0.1) is 35.0 Å². The maximum atomic E-state index is 9.70. The van der Waals surface area contributed by atoms with Gasteiger partial charge in [0.15, 0.2) is 0 Å². The number of halogens is 2. The maximum Gasteiger partial charge on any atom is 0.127 e. The number of nitrogens with zero attached hydrogens (tertiary/aromatic N) is 1. The first-order valence-corrected chi connectivity index (χ1v) is 10.6. The molecule has 0 amide bonds. The van der Waals surface area contributed by atoms with Crippen molar-refractivity contribution in [3.8, 4) is 17.6 Å². The minimum Gasteiger partial charge on any atom is -0.457 e. The fourth-order valence-corrected chi connectivity index (χ4v) is 4.16. The summed E-state index contributed by atoms with van der Waals surface area (Å²) in [6.45, 7) is 4.54. The van der Waals surface area contributed by atoms with E-state index in [-0.39, 0.29) is 76.8 Å². The molecule has 3 unspecified atom stereocenters. The normalized spacial score (nSPS) is 19.6. The van der Waals surface area contributed by atoms with Crippen molar-refractivity contribution in [1.82, 2.24) is 0 Å². The van der Waals surface area contributed by atoms with Crippen LogP contribution in [0.5, 0.6) is 11.5 Å². The monoisotopic (exact) mass is 664 g/mol. The molecule has 0 N–H and O–H groups in total. The standard InChI is InChI=1S/C23H22Br2NO.2Y/c1-23(2)20(21(23)14-22(24)25)12-11-17(15-26)16-7-6-10-19(13-16)27-18-8-4-3-5-9-18;;/h3-10,12-14,17,20-21H,11H2,1-2H3;;/q-1;;. The molecule has 0 aliphatic heterocycles. The van der Waals surface area contributed by atoms with Crippen molar-refractivity contribution in [2.24, 2.45) is 17.3 Å². The Morgan fingerprint density at radius 1 is 1.14 bits per heavy atom. The summed E-state index contributed by atoms with van der Waals surface area (Å²) in [6, 6.07) is 20.0. The summed E-state index contributed by atoms with van der Waals surface area (Å²) in [6.07, 6.45) is 5.25. The third kappa shape index (κ3) is 7.62. The number of benzene rings is 2. The zero-order valence-corrected chi connectivity index (χ0v) is 25.4. The summed E-state index contributed by atoms with van der Waals surface area (Å²) in [5.41, 5.74) is 1.24. The van der Waals surface area contributed by atoms with Gasteiger partial charge in [-0.05, 0) is 67.6 Å². The van der Waals surface area contributed by atoms with Crippen LogP contribution in [0.4, 0.5) is 0 Å². The molecule has 2 aromatic rings. The van der Waals surface area contributed by atoms with Crippen LogP contribution in [0.2, 0.25) is 0 Å². The molecule has 0 spiro atoms. The summed E-state index contributed by atoms with van der Waals surface area (Å²) >= 11 is 6.91. The molecule has 6 heteroatoms. The number of para-hydroxylation sites is 1. The molecule has 2 nitrogen and oxygen atoms in total. The summed E-state index contributed by atoms with van der Waals surface area (Å²) in [5, 5.41) is 9.70. The smallest absolute Gasteiger partial charge is 0.127 e. The quantitative estimate of drug-likeness (QED) is 0.286. The van der Waals surface area contributed by atoms with Gasteiger partial charge in [0.1, 0.15) is 11.5 Å². The molecule has 3 rings (SSSR count). The Kier molecular flexibility index (Phi) is 12.0. The van der Waals surface area contributed by atoms with Crippen molar-refractivity contribution in [2.75, 3.05) is 0 Å². The molecular weight excluding hydrogens is 644 g/mol. The minimum absolute atomic E-state index is 0. The van der Waals surface area contributed by atoms with Gasteiger partial charge in [0.2, 0.25) is 0 Å². The Morgan fingerprint density at radius 3 is 2.41 bits per heavy atom. The average Bonchev–Trinajstić information content (AvgIpc) is 3.15. The van der Waals surface area contributed by atoms with Gasteiger partial charge in [-0.25, -0.2) is 0 Å². The van der Waals surface area contributed by atoms with Crippen LogP contribution in [-0.2, 0) is 65.4 Å². The van der Waals surface area contributed by atoms with Gasteiger partial charge < -0.3 is 11.2 Å². The molecule has 0 heterocycles. The summed E-state index contributed by atoms with van der Waals surface area (Å²) in [4.78, 5) is 0. The van der Waals surface area contributed by atoms with Crippen molar-refractivity contribution in [3.63, 3.8) is 0 Å². The van der Waals surface area contributed by atoms with E-state index in [0.29, 0.717) is 11.8 Å². The van der Waals surface area contributed by atoms with E-state index >= 15 is 0 Å². The topological polar surface area (TPSA) is 33.0 Å². The number of nitriles is 1. The second-order valence-corrected chi connectivity index (χ2v) is 10.2. The van der Waals surface area contributed by atoms with Crippen molar-refractivity contribution in [1.29, 1.82) is 5.26 Å². The van der Waals surface area contributed by atoms with E-state index in [2.05, 4.69) is 64.3 Å². The Morgan fingerprint density at radius 2 is 1.79 bits per heavy atom. The number of rotatable bonds is 7. The summed E-state index contributed by atoms with van der Waals surface area (Å²) in [7, 11) is 0. The molecular formula is C23H22Br2NOY2-. The van der Waals surface area contributed by atoms with Gasteiger partial charge in [-0.15, -0.1) is 0 Å². The second kappa shape index (κ2) is 12.6. The van der Waals surface area contributed by atoms with E-state index in [1.165, 1.54) is 0 Å². The van der Waals surface area contributed by atoms with Crippen LogP contribution in [0.3, 0.4) is 0 Å². The Bertz CT molecular complexity index is 861. The molecule has 0 bridgehead atoms. The maximum absolute atomic E-state index is 9.70. The Hall–Kier alpha value is 0.638. The van der Waals surface area contributed by atoms with E-state index < -0.39 is 0 Å². The predicted octanol–water partition coefficient (Wildman–Crippen LogP) is 7.58. The van der Waals surface area contributed by atoms with Crippen LogP contribution in [0.1, 0.15) is 31.7 Å². The first kappa shape index (κ1) is 27.7. The number of ether oxygens (including phenoxy) is 1. The summed E-state index contributed by atoms with van der Waals surface area (Å²) < 4.78 is 6.90. The fourth-order valence-electron chi connectivity index (χ4n) is 3.59. The molecule has 1 aliphatic rings. The van der Waals surface area contributed by atoms with Gasteiger partial charge in [0, 0.05) is 71.3 Å². The van der Waals surface area contributed by atoms with Crippen molar-refractivity contribution in [3.05, 3.63) is 76.0 Å². The Balaban J connectivity index is 0.00000210. The van der Waals surface area contributed by atoms with E-state index in [1.807, 2.05) is 54.6 Å². The molecule has 1 aliphatic carbocycles. The fraction of sp³-hybridized carbons (Fsp3) is 0.304. The van der Waals surface area contributed by atoms with Crippen molar-refractivity contribution >= 4 is 31.9 Å². The SMILES string of the molecule is CC1(C)C(C=C(Br)Br)C1[CH-]CC(C#N)c1cccc(Oc2ccccc2)c1.[Y].[Y]. The molecule has 2 aromatic carbocycles. The molecule has 1 fully saturated rings. The molecule has 29 heavy (non-hydrogen) atoms. The van der Waals surface area contributed by atoms with Gasteiger partial charge in [0.25, 0.3) is 0 Å². The first-order chi connectivity index (χ1) is 12.9. The molecule has 2 radical (unpaired) electrons. The van der Waals surface area contributed by atoms with E-state index in [1.54, 1.807) is 0 Å².